The van der Waals surface area contributed by atoms with Crippen molar-refractivity contribution in [2.75, 3.05) is 0 Å². The molecule has 3 atom stereocenters. The Kier molecular flexibility index (Phi) is 6.81. The number of carbonyl (C=O) groups is 1. The molecule has 1 saturated heterocycles. The van der Waals surface area contributed by atoms with Gasteiger partial charge in [-0.2, -0.15) is 9.79 Å². The number of carbonyl (C=O) groups excluding carboxylic acids is 1. The van der Waals surface area contributed by atoms with Gasteiger partial charge in [0.25, 0.3) is 0 Å². The summed E-state index contributed by atoms with van der Waals surface area (Å²) in [5.41, 5.74) is 0.158. The van der Waals surface area contributed by atoms with E-state index in [9.17, 15) is 29.1 Å². The quantitative estimate of drug-likeness (QED) is 0.286. The fourth-order valence-corrected chi connectivity index (χ4v) is 6.40. The van der Waals surface area contributed by atoms with Crippen LogP contribution < -0.4 is 4.74 Å². The Morgan fingerprint density at radius 2 is 2.00 bits per heavy atom. The summed E-state index contributed by atoms with van der Waals surface area (Å²) in [5, 5.41) is 7.79. The van der Waals surface area contributed by atoms with Gasteiger partial charge in [0.05, 0.1) is 18.1 Å². The zero-order chi connectivity index (χ0) is 22.9. The smallest absolute Gasteiger partial charge is 0.431 e. The van der Waals surface area contributed by atoms with Crippen LogP contribution in [-0.2, 0) is 24.8 Å². The maximum absolute atomic E-state index is 12.9. The average molecular weight is 474 g/mol. The predicted molar refractivity (Wildman–Crippen MR) is 108 cm³/mol. The van der Waals surface area contributed by atoms with Crippen molar-refractivity contribution in [1.82, 2.24) is 4.98 Å². The van der Waals surface area contributed by atoms with Gasteiger partial charge < -0.3 is 19.5 Å². The fourth-order valence-electron chi connectivity index (χ4n) is 2.78. The van der Waals surface area contributed by atoms with Gasteiger partial charge in [0.15, 0.2) is 0 Å². The van der Waals surface area contributed by atoms with Crippen molar-refractivity contribution < 1.29 is 47.7 Å². The molecular weight excluding hydrogens is 452 g/mol. The summed E-state index contributed by atoms with van der Waals surface area (Å²) < 4.78 is 33.1. The van der Waals surface area contributed by atoms with Crippen LogP contribution in [0.25, 0.3) is 0 Å². The second-order valence-corrected chi connectivity index (χ2v) is 11.4. The van der Waals surface area contributed by atoms with Crippen molar-refractivity contribution in [2.24, 2.45) is 0 Å². The van der Waals surface area contributed by atoms with Crippen LogP contribution in [0.2, 0.25) is 0 Å². The number of aromatic nitrogens is 1. The minimum Gasteiger partial charge on any atom is -0.431 e. The molecule has 1 aromatic heterocycles. The molecule has 3 rings (SSSR count). The van der Waals surface area contributed by atoms with Crippen molar-refractivity contribution in [1.29, 1.82) is 0 Å². The molecule has 0 amide bonds. The Hall–Kier alpha value is -1.94. The van der Waals surface area contributed by atoms with Crippen LogP contribution >= 0.6 is 15.5 Å². The van der Waals surface area contributed by atoms with Crippen molar-refractivity contribution >= 4 is 21.7 Å². The first-order valence-corrected chi connectivity index (χ1v) is 12.3. The van der Waals surface area contributed by atoms with Crippen LogP contribution in [0.3, 0.4) is 0 Å². The first-order valence-electron chi connectivity index (χ1n) is 9.08. The number of benzene rings is 1. The molecule has 1 fully saturated rings. The Morgan fingerprint density at radius 1 is 1.29 bits per heavy atom. The standard InChI is InChI=1S/C18H21NO10P2/c1-12(2)26-17(20)27-15-8-4-3-7-14(15)16-28-30(22,23)18(21,31(24,25)29-16)10-13-6-5-9-19-11-13/h3-9,11-12,16,21-23H,10H2,1-2H3/p+1. The maximum atomic E-state index is 12.9. The summed E-state index contributed by atoms with van der Waals surface area (Å²) in [5.74, 6) is -0.157. The largest absolute Gasteiger partial charge is 0.514 e. The lowest BCUT2D eigenvalue weighted by molar-refractivity contribution is -0.0692. The molecule has 13 heteroatoms. The zero-order valence-electron chi connectivity index (χ0n) is 16.6. The molecule has 0 aliphatic carbocycles. The third kappa shape index (κ3) is 4.95. The molecule has 1 aliphatic heterocycles. The summed E-state index contributed by atoms with van der Waals surface area (Å²) in [6, 6.07) is 8.62. The van der Waals surface area contributed by atoms with Gasteiger partial charge >= 0.3 is 26.8 Å². The van der Waals surface area contributed by atoms with Crippen LogP contribution in [-0.4, -0.2) is 42.1 Å². The van der Waals surface area contributed by atoms with E-state index in [4.69, 9.17) is 18.5 Å². The van der Waals surface area contributed by atoms with Gasteiger partial charge in [0.2, 0.25) is 6.29 Å². The van der Waals surface area contributed by atoms with E-state index in [0.717, 1.165) is 0 Å². The normalized spacial score (nSPS) is 27.6. The lowest BCUT2D eigenvalue weighted by atomic mass is 10.2. The third-order valence-electron chi connectivity index (χ3n) is 4.26. The van der Waals surface area contributed by atoms with Crippen molar-refractivity contribution in [3.63, 3.8) is 0 Å². The molecule has 31 heavy (non-hydrogen) atoms. The number of ether oxygens (including phenoxy) is 2. The molecule has 0 saturated carbocycles. The van der Waals surface area contributed by atoms with Gasteiger partial charge in [-0.15, -0.1) is 4.52 Å². The highest BCUT2D eigenvalue weighted by Crippen LogP contribution is 2.83. The summed E-state index contributed by atoms with van der Waals surface area (Å²) in [6.45, 7) is 3.23. The Morgan fingerprint density at radius 3 is 2.61 bits per heavy atom. The van der Waals surface area contributed by atoms with Gasteiger partial charge in [-0.3, -0.25) is 14.1 Å². The average Bonchev–Trinajstić information content (AvgIpc) is 2.66. The second kappa shape index (κ2) is 8.90. The van der Waals surface area contributed by atoms with Crippen LogP contribution in [0, 0.1) is 0 Å². The minimum absolute atomic E-state index is 0.0895. The number of para-hydroxylation sites is 1. The molecule has 2 heterocycles. The number of pyridine rings is 1. The van der Waals surface area contributed by atoms with Gasteiger partial charge in [-0.25, -0.2) is 4.79 Å². The predicted octanol–water partition coefficient (Wildman–Crippen LogP) is 2.87. The van der Waals surface area contributed by atoms with Crippen LogP contribution in [0.4, 0.5) is 4.79 Å². The molecule has 4 N–H and O–H groups in total. The first kappa shape index (κ1) is 23.7. The van der Waals surface area contributed by atoms with Crippen molar-refractivity contribution in [3.8, 4) is 5.75 Å². The van der Waals surface area contributed by atoms with Crippen LogP contribution in [0.1, 0.15) is 31.3 Å². The van der Waals surface area contributed by atoms with E-state index in [2.05, 4.69) is 4.98 Å². The highest BCUT2D eigenvalue weighted by atomic mass is 31.3. The Labute approximate surface area is 178 Å². The summed E-state index contributed by atoms with van der Waals surface area (Å²) >= 11 is 0. The highest BCUT2D eigenvalue weighted by molar-refractivity contribution is 7.76. The van der Waals surface area contributed by atoms with E-state index in [0.29, 0.717) is 0 Å². The topological polar surface area (TPSA) is 165 Å². The first-order chi connectivity index (χ1) is 14.5. The molecule has 168 valence electrons. The number of hydrogen-bond donors (Lipinski definition) is 4. The fraction of sp³-hybridized carbons (Fsp3) is 0.333. The van der Waals surface area contributed by atoms with E-state index >= 15 is 0 Å². The number of nitrogens with zero attached hydrogens (tertiary/aromatic N) is 1. The third-order valence-corrected chi connectivity index (χ3v) is 8.92. The van der Waals surface area contributed by atoms with E-state index in [1.54, 1.807) is 13.8 Å². The highest BCUT2D eigenvalue weighted by Gasteiger charge is 2.77. The monoisotopic (exact) mass is 474 g/mol. The van der Waals surface area contributed by atoms with Gasteiger partial charge in [0.1, 0.15) is 5.75 Å². The number of hydrogen-bond acceptors (Lipinski definition) is 10. The Bertz CT molecular complexity index is 986. The maximum Gasteiger partial charge on any atom is 0.514 e. The molecule has 1 aliphatic rings. The summed E-state index contributed by atoms with van der Waals surface area (Å²) in [6.07, 6.45) is -1.27. The zero-order valence-corrected chi connectivity index (χ0v) is 18.3. The molecular formula is C18H22NO10P2+. The minimum atomic E-state index is -5.11. The molecule has 11 nitrogen and oxygen atoms in total. The summed E-state index contributed by atoms with van der Waals surface area (Å²) in [4.78, 5) is 47.2. The molecule has 1 aromatic carbocycles. The molecule has 0 spiro atoms. The number of aliphatic hydroxyl groups is 1. The van der Waals surface area contributed by atoms with Crippen molar-refractivity contribution in [3.05, 3.63) is 59.9 Å². The van der Waals surface area contributed by atoms with Crippen LogP contribution in [0.15, 0.2) is 48.8 Å². The van der Waals surface area contributed by atoms with Crippen LogP contribution in [0.5, 0.6) is 5.75 Å². The molecule has 3 unspecified atom stereocenters. The molecule has 0 bridgehead atoms. The van der Waals surface area contributed by atoms with Crippen molar-refractivity contribution in [2.45, 2.75) is 37.7 Å². The van der Waals surface area contributed by atoms with E-state index in [1.165, 1.54) is 48.8 Å². The Balaban J connectivity index is 1.91. The lowest BCUT2D eigenvalue weighted by Gasteiger charge is -2.38. The van der Waals surface area contributed by atoms with Gasteiger partial charge in [-0.05, 0) is 31.5 Å². The molecule has 0 radical (unpaired) electrons. The SMILES string of the molecule is CC(C)OC(=O)Oc1ccccc1C1OP(=O)(O)C(O)(Cc2cccnc2)[P+](O)(O)O1. The molecule has 2 aromatic rings. The summed E-state index contributed by atoms with van der Waals surface area (Å²) in [7, 11) is -10.0. The van der Waals surface area contributed by atoms with Gasteiger partial charge in [0, 0.05) is 12.4 Å². The van der Waals surface area contributed by atoms with E-state index in [-0.39, 0.29) is 16.9 Å². The lowest BCUT2D eigenvalue weighted by Crippen LogP contribution is -2.40. The second-order valence-electron chi connectivity index (χ2n) is 6.98. The number of rotatable bonds is 5. The van der Waals surface area contributed by atoms with E-state index in [1.807, 2.05) is 0 Å². The van der Waals surface area contributed by atoms with Gasteiger partial charge in [-0.1, -0.05) is 24.3 Å². The van der Waals surface area contributed by atoms with E-state index < -0.39 is 45.6 Å².